The van der Waals surface area contributed by atoms with Gasteiger partial charge in [0.2, 0.25) is 5.91 Å². The Balaban J connectivity index is 2.54. The van der Waals surface area contributed by atoms with E-state index in [-0.39, 0.29) is 24.8 Å². The molecule has 18 heavy (non-hydrogen) atoms. The Bertz CT molecular complexity index is 408. The average molecular weight is 254 g/mol. The van der Waals surface area contributed by atoms with Gasteiger partial charge in [-0.05, 0) is 30.7 Å². The summed E-state index contributed by atoms with van der Waals surface area (Å²) in [6.45, 7) is 0.699. The predicted octanol–water partition coefficient (Wildman–Crippen LogP) is 1.18. The van der Waals surface area contributed by atoms with Gasteiger partial charge in [-0.15, -0.1) is 0 Å². The SMILES string of the molecule is CN(C)C(=O)CCOc1cc(F)cc(CCN)c1. The van der Waals surface area contributed by atoms with Gasteiger partial charge in [0.25, 0.3) is 0 Å². The quantitative estimate of drug-likeness (QED) is 0.829. The number of carbonyl (C=O) groups excluding carboxylic acids is 1. The van der Waals surface area contributed by atoms with E-state index in [1.807, 2.05) is 0 Å². The lowest BCUT2D eigenvalue weighted by atomic mass is 10.1. The third kappa shape index (κ3) is 4.71. The Hall–Kier alpha value is -1.62. The van der Waals surface area contributed by atoms with Crippen molar-refractivity contribution in [1.82, 2.24) is 4.90 Å². The molecule has 100 valence electrons. The first-order valence-corrected chi connectivity index (χ1v) is 5.85. The lowest BCUT2D eigenvalue weighted by molar-refractivity contribution is -0.129. The molecule has 1 rings (SSSR count). The monoisotopic (exact) mass is 254 g/mol. The first-order chi connectivity index (χ1) is 8.52. The van der Waals surface area contributed by atoms with Crippen LogP contribution in [-0.2, 0) is 11.2 Å². The Kier molecular flexibility index (Phi) is 5.58. The van der Waals surface area contributed by atoms with Crippen molar-refractivity contribution in [2.45, 2.75) is 12.8 Å². The maximum absolute atomic E-state index is 13.3. The van der Waals surface area contributed by atoms with Crippen molar-refractivity contribution >= 4 is 5.91 Å². The highest BCUT2D eigenvalue weighted by Crippen LogP contribution is 2.17. The number of ether oxygens (including phenoxy) is 1. The van der Waals surface area contributed by atoms with Gasteiger partial charge >= 0.3 is 0 Å². The van der Waals surface area contributed by atoms with Crippen molar-refractivity contribution < 1.29 is 13.9 Å². The van der Waals surface area contributed by atoms with E-state index >= 15 is 0 Å². The molecule has 0 saturated heterocycles. The molecule has 4 nitrogen and oxygen atoms in total. The zero-order chi connectivity index (χ0) is 13.5. The maximum atomic E-state index is 13.3. The van der Waals surface area contributed by atoms with E-state index in [9.17, 15) is 9.18 Å². The molecule has 1 aromatic rings. The molecule has 0 bridgehead atoms. The summed E-state index contributed by atoms with van der Waals surface area (Å²) >= 11 is 0. The van der Waals surface area contributed by atoms with Crippen LogP contribution in [0.5, 0.6) is 5.75 Å². The second-order valence-corrected chi connectivity index (χ2v) is 4.22. The number of rotatable bonds is 6. The van der Waals surface area contributed by atoms with E-state index in [0.717, 1.165) is 5.56 Å². The minimum Gasteiger partial charge on any atom is -0.493 e. The summed E-state index contributed by atoms with van der Waals surface area (Å²) in [5.41, 5.74) is 6.22. The molecule has 0 aliphatic rings. The lowest BCUT2D eigenvalue weighted by Gasteiger charge is -2.11. The highest BCUT2D eigenvalue weighted by molar-refractivity contribution is 5.75. The highest BCUT2D eigenvalue weighted by Gasteiger charge is 2.05. The van der Waals surface area contributed by atoms with Crippen LogP contribution in [0.2, 0.25) is 0 Å². The van der Waals surface area contributed by atoms with E-state index in [2.05, 4.69) is 0 Å². The smallest absolute Gasteiger partial charge is 0.225 e. The summed E-state index contributed by atoms with van der Waals surface area (Å²) in [6.07, 6.45) is 0.875. The Morgan fingerprint density at radius 3 is 2.72 bits per heavy atom. The van der Waals surface area contributed by atoms with E-state index in [1.165, 1.54) is 17.0 Å². The number of halogens is 1. The van der Waals surface area contributed by atoms with E-state index in [4.69, 9.17) is 10.5 Å². The van der Waals surface area contributed by atoms with Crippen molar-refractivity contribution in [2.75, 3.05) is 27.2 Å². The molecule has 0 aliphatic heterocycles. The van der Waals surface area contributed by atoms with Crippen LogP contribution in [0.25, 0.3) is 0 Å². The molecule has 0 aliphatic carbocycles. The van der Waals surface area contributed by atoms with Crippen LogP contribution in [0.3, 0.4) is 0 Å². The number of benzene rings is 1. The number of amides is 1. The third-order valence-electron chi connectivity index (χ3n) is 2.45. The standard InChI is InChI=1S/C13H19FN2O2/c1-16(2)13(17)4-6-18-12-8-10(3-5-15)7-11(14)9-12/h7-9H,3-6,15H2,1-2H3. The van der Waals surface area contributed by atoms with Gasteiger partial charge in [0.1, 0.15) is 11.6 Å². The molecule has 1 amide bonds. The number of hydrogen-bond acceptors (Lipinski definition) is 3. The van der Waals surface area contributed by atoms with Gasteiger partial charge in [0.05, 0.1) is 13.0 Å². The second-order valence-electron chi connectivity index (χ2n) is 4.22. The minimum absolute atomic E-state index is 0.0198. The fraction of sp³-hybridized carbons (Fsp3) is 0.462. The van der Waals surface area contributed by atoms with Gasteiger partial charge in [0.15, 0.2) is 0 Å². The molecule has 1 aromatic carbocycles. The maximum Gasteiger partial charge on any atom is 0.225 e. The first kappa shape index (κ1) is 14.4. The summed E-state index contributed by atoms with van der Waals surface area (Å²) in [5.74, 6) is 0.0634. The summed E-state index contributed by atoms with van der Waals surface area (Å²) in [5, 5.41) is 0. The van der Waals surface area contributed by atoms with E-state index in [0.29, 0.717) is 18.7 Å². The summed E-state index contributed by atoms with van der Waals surface area (Å²) in [4.78, 5) is 12.8. The minimum atomic E-state index is -0.352. The lowest BCUT2D eigenvalue weighted by Crippen LogP contribution is -2.23. The fourth-order valence-corrected chi connectivity index (χ4v) is 1.49. The molecule has 0 aromatic heterocycles. The molecule has 0 fully saturated rings. The molecular weight excluding hydrogens is 235 g/mol. The van der Waals surface area contributed by atoms with Crippen molar-refractivity contribution in [3.05, 3.63) is 29.6 Å². The van der Waals surface area contributed by atoms with E-state index in [1.54, 1.807) is 20.2 Å². The molecular formula is C13H19FN2O2. The summed E-state index contributed by atoms with van der Waals surface area (Å²) in [7, 11) is 3.37. The van der Waals surface area contributed by atoms with Crippen LogP contribution in [0.15, 0.2) is 18.2 Å². The Labute approximate surface area is 107 Å². The van der Waals surface area contributed by atoms with Gasteiger partial charge in [-0.2, -0.15) is 0 Å². The van der Waals surface area contributed by atoms with Crippen molar-refractivity contribution in [1.29, 1.82) is 0 Å². The summed E-state index contributed by atoms with van der Waals surface area (Å²) < 4.78 is 18.6. The molecule has 0 radical (unpaired) electrons. The number of carbonyl (C=O) groups is 1. The van der Waals surface area contributed by atoms with Crippen molar-refractivity contribution in [2.24, 2.45) is 5.73 Å². The van der Waals surface area contributed by atoms with Crippen LogP contribution < -0.4 is 10.5 Å². The molecule has 0 saturated carbocycles. The Morgan fingerprint density at radius 1 is 1.39 bits per heavy atom. The number of hydrogen-bond donors (Lipinski definition) is 1. The Morgan fingerprint density at radius 2 is 2.11 bits per heavy atom. The van der Waals surface area contributed by atoms with Gasteiger partial charge < -0.3 is 15.4 Å². The van der Waals surface area contributed by atoms with Crippen LogP contribution in [0, 0.1) is 5.82 Å². The largest absolute Gasteiger partial charge is 0.493 e. The first-order valence-electron chi connectivity index (χ1n) is 5.85. The van der Waals surface area contributed by atoms with E-state index < -0.39 is 0 Å². The third-order valence-corrected chi connectivity index (χ3v) is 2.45. The predicted molar refractivity (Wildman–Crippen MR) is 68.0 cm³/mol. The van der Waals surface area contributed by atoms with Gasteiger partial charge in [-0.1, -0.05) is 0 Å². The molecule has 0 unspecified atom stereocenters. The topological polar surface area (TPSA) is 55.6 Å². The van der Waals surface area contributed by atoms with Gasteiger partial charge in [-0.3, -0.25) is 4.79 Å². The zero-order valence-electron chi connectivity index (χ0n) is 10.8. The average Bonchev–Trinajstić information content (AvgIpc) is 2.28. The molecule has 0 spiro atoms. The summed E-state index contributed by atoms with van der Waals surface area (Å²) in [6, 6.07) is 4.49. The van der Waals surface area contributed by atoms with Crippen LogP contribution >= 0.6 is 0 Å². The van der Waals surface area contributed by atoms with Crippen LogP contribution in [-0.4, -0.2) is 38.1 Å². The van der Waals surface area contributed by atoms with Crippen LogP contribution in [0.1, 0.15) is 12.0 Å². The number of nitrogens with zero attached hydrogens (tertiary/aromatic N) is 1. The van der Waals surface area contributed by atoms with Crippen molar-refractivity contribution in [3.8, 4) is 5.75 Å². The molecule has 2 N–H and O–H groups in total. The zero-order valence-corrected chi connectivity index (χ0v) is 10.8. The molecule has 5 heteroatoms. The number of nitrogens with two attached hydrogens (primary N) is 1. The fourth-order valence-electron chi connectivity index (χ4n) is 1.49. The molecule has 0 atom stereocenters. The van der Waals surface area contributed by atoms with Gasteiger partial charge in [0, 0.05) is 20.2 Å². The van der Waals surface area contributed by atoms with Gasteiger partial charge in [-0.25, -0.2) is 4.39 Å². The second kappa shape index (κ2) is 6.96. The van der Waals surface area contributed by atoms with Crippen LogP contribution in [0.4, 0.5) is 4.39 Å². The highest BCUT2D eigenvalue weighted by atomic mass is 19.1. The molecule has 0 heterocycles. The normalized spacial score (nSPS) is 10.2. The van der Waals surface area contributed by atoms with Crippen molar-refractivity contribution in [3.63, 3.8) is 0 Å².